The van der Waals surface area contributed by atoms with Gasteiger partial charge < -0.3 is 5.32 Å². The molecule has 1 saturated heterocycles. The van der Waals surface area contributed by atoms with E-state index in [-0.39, 0.29) is 17.0 Å². The van der Waals surface area contributed by atoms with Crippen molar-refractivity contribution in [1.82, 2.24) is 10.2 Å². The van der Waals surface area contributed by atoms with Crippen molar-refractivity contribution in [3.8, 4) is 0 Å². The van der Waals surface area contributed by atoms with Crippen LogP contribution in [-0.4, -0.2) is 35.5 Å². The number of nitrogens with one attached hydrogen (secondary N) is 1. The Balaban J connectivity index is 2.56. The van der Waals surface area contributed by atoms with E-state index < -0.39 is 0 Å². The fraction of sp³-hybridized carbons (Fsp3) is 0.929. The molecule has 0 unspecified atom stereocenters. The van der Waals surface area contributed by atoms with Crippen LogP contribution in [0.4, 0.5) is 0 Å². The van der Waals surface area contributed by atoms with Crippen molar-refractivity contribution in [2.45, 2.75) is 65.0 Å². The Labute approximate surface area is 106 Å². The number of hydrogen-bond donors (Lipinski definition) is 1. The van der Waals surface area contributed by atoms with Crippen LogP contribution in [0.5, 0.6) is 0 Å². The zero-order valence-corrected chi connectivity index (χ0v) is 12.3. The fourth-order valence-corrected chi connectivity index (χ4v) is 3.23. The Kier molecular flexibility index (Phi) is 4.23. The quantitative estimate of drug-likeness (QED) is 0.821. The van der Waals surface area contributed by atoms with E-state index in [2.05, 4.69) is 45.0 Å². The predicted octanol–water partition coefficient (Wildman–Crippen LogP) is 2.41. The van der Waals surface area contributed by atoms with Gasteiger partial charge in [-0.1, -0.05) is 0 Å². The van der Waals surface area contributed by atoms with E-state index in [1.54, 1.807) is 6.92 Å². The smallest absolute Gasteiger partial charge is 0.216 e. The van der Waals surface area contributed by atoms with Gasteiger partial charge in [0.1, 0.15) is 0 Å². The highest BCUT2D eigenvalue weighted by molar-refractivity contribution is 5.72. The molecule has 1 fully saturated rings. The molecule has 1 aliphatic rings. The molecule has 0 atom stereocenters. The van der Waals surface area contributed by atoms with E-state index in [4.69, 9.17) is 0 Å². The van der Waals surface area contributed by atoms with Crippen molar-refractivity contribution in [3.63, 3.8) is 0 Å². The summed E-state index contributed by atoms with van der Waals surface area (Å²) in [6.45, 7) is 11.7. The predicted molar refractivity (Wildman–Crippen MR) is 71.9 cm³/mol. The van der Waals surface area contributed by atoms with E-state index in [0.717, 1.165) is 13.0 Å². The molecule has 17 heavy (non-hydrogen) atoms. The van der Waals surface area contributed by atoms with Crippen LogP contribution in [0.25, 0.3) is 0 Å². The van der Waals surface area contributed by atoms with Gasteiger partial charge in [-0.3, -0.25) is 9.69 Å². The summed E-state index contributed by atoms with van der Waals surface area (Å²) in [7, 11) is 2.23. The number of rotatable bonds is 3. The molecule has 1 amide bonds. The first-order chi connectivity index (χ1) is 7.65. The van der Waals surface area contributed by atoms with Crippen LogP contribution < -0.4 is 5.32 Å². The number of amides is 1. The van der Waals surface area contributed by atoms with Gasteiger partial charge in [-0.05, 0) is 59.9 Å². The molecule has 1 aliphatic heterocycles. The zero-order valence-electron chi connectivity index (χ0n) is 12.3. The van der Waals surface area contributed by atoms with Crippen LogP contribution in [0.3, 0.4) is 0 Å². The molecular formula is C14H28N2O. The molecule has 3 heteroatoms. The van der Waals surface area contributed by atoms with Crippen molar-refractivity contribution in [2.75, 3.05) is 13.6 Å². The second kappa shape index (κ2) is 4.97. The van der Waals surface area contributed by atoms with Crippen LogP contribution in [-0.2, 0) is 4.79 Å². The average molecular weight is 240 g/mol. The van der Waals surface area contributed by atoms with Gasteiger partial charge in [0.25, 0.3) is 0 Å². The maximum atomic E-state index is 10.9. The molecule has 0 aromatic rings. The van der Waals surface area contributed by atoms with E-state index in [0.29, 0.717) is 5.92 Å². The summed E-state index contributed by atoms with van der Waals surface area (Å²) in [4.78, 5) is 13.4. The van der Waals surface area contributed by atoms with Crippen molar-refractivity contribution >= 4 is 5.91 Å². The molecule has 0 spiro atoms. The number of nitrogens with zero attached hydrogens (tertiary/aromatic N) is 1. The summed E-state index contributed by atoms with van der Waals surface area (Å²) < 4.78 is 0. The third-order valence-corrected chi connectivity index (χ3v) is 4.32. The van der Waals surface area contributed by atoms with Gasteiger partial charge in [-0.25, -0.2) is 0 Å². The Morgan fingerprint density at radius 1 is 1.24 bits per heavy atom. The molecule has 0 aromatic carbocycles. The standard InChI is InChI=1S/C14H28N2O/c1-11(17)15-8-7-12-9-13(2,3)16(6)14(4,5)10-12/h12H,7-10H2,1-6H3,(H,15,17). The number of likely N-dealkylation sites (tertiary alicyclic amines) is 1. The summed E-state index contributed by atoms with van der Waals surface area (Å²) >= 11 is 0. The van der Waals surface area contributed by atoms with Gasteiger partial charge in [0, 0.05) is 24.5 Å². The Bertz CT molecular complexity index is 266. The molecule has 1 rings (SSSR count). The van der Waals surface area contributed by atoms with Gasteiger partial charge in [0.2, 0.25) is 5.91 Å². The van der Waals surface area contributed by atoms with Crippen LogP contribution in [0.2, 0.25) is 0 Å². The second-order valence-electron chi connectivity index (χ2n) is 6.73. The topological polar surface area (TPSA) is 32.3 Å². The fourth-order valence-electron chi connectivity index (χ4n) is 3.23. The van der Waals surface area contributed by atoms with Crippen molar-refractivity contribution in [1.29, 1.82) is 0 Å². The monoisotopic (exact) mass is 240 g/mol. The minimum Gasteiger partial charge on any atom is -0.356 e. The minimum absolute atomic E-state index is 0.0800. The third-order valence-electron chi connectivity index (χ3n) is 4.32. The molecule has 3 nitrogen and oxygen atoms in total. The molecule has 0 aromatic heterocycles. The maximum Gasteiger partial charge on any atom is 0.216 e. The van der Waals surface area contributed by atoms with Gasteiger partial charge in [-0.15, -0.1) is 0 Å². The number of piperidine rings is 1. The molecule has 0 saturated carbocycles. The first-order valence-electron chi connectivity index (χ1n) is 6.63. The van der Waals surface area contributed by atoms with Crippen LogP contribution >= 0.6 is 0 Å². The molecule has 0 aliphatic carbocycles. The van der Waals surface area contributed by atoms with Crippen LogP contribution in [0.15, 0.2) is 0 Å². The van der Waals surface area contributed by atoms with E-state index in [1.807, 2.05) is 0 Å². The lowest BCUT2D eigenvalue weighted by molar-refractivity contribution is -0.119. The highest BCUT2D eigenvalue weighted by Crippen LogP contribution is 2.41. The highest BCUT2D eigenvalue weighted by atomic mass is 16.1. The van der Waals surface area contributed by atoms with E-state index >= 15 is 0 Å². The minimum atomic E-state index is 0.0800. The highest BCUT2D eigenvalue weighted by Gasteiger charge is 2.42. The largest absolute Gasteiger partial charge is 0.356 e. The molecule has 0 radical (unpaired) electrons. The van der Waals surface area contributed by atoms with Crippen molar-refractivity contribution in [2.24, 2.45) is 5.92 Å². The lowest BCUT2D eigenvalue weighted by Crippen LogP contribution is -2.58. The summed E-state index contributed by atoms with van der Waals surface area (Å²) in [5.41, 5.74) is 0.505. The van der Waals surface area contributed by atoms with E-state index in [9.17, 15) is 4.79 Å². The number of hydrogen-bond acceptors (Lipinski definition) is 2. The lowest BCUT2D eigenvalue weighted by Gasteiger charge is -2.53. The molecular weight excluding hydrogens is 212 g/mol. The van der Waals surface area contributed by atoms with Gasteiger partial charge in [-0.2, -0.15) is 0 Å². The zero-order chi connectivity index (χ0) is 13.3. The van der Waals surface area contributed by atoms with Crippen LogP contribution in [0.1, 0.15) is 53.9 Å². The third kappa shape index (κ3) is 3.70. The first-order valence-corrected chi connectivity index (χ1v) is 6.63. The van der Waals surface area contributed by atoms with Gasteiger partial charge >= 0.3 is 0 Å². The van der Waals surface area contributed by atoms with Crippen molar-refractivity contribution < 1.29 is 4.79 Å². The van der Waals surface area contributed by atoms with Crippen LogP contribution in [0, 0.1) is 5.92 Å². The van der Waals surface area contributed by atoms with E-state index in [1.165, 1.54) is 12.8 Å². The van der Waals surface area contributed by atoms with Gasteiger partial charge in [0.15, 0.2) is 0 Å². The van der Waals surface area contributed by atoms with Crippen molar-refractivity contribution in [3.05, 3.63) is 0 Å². The SMILES string of the molecule is CC(=O)NCCC1CC(C)(C)N(C)C(C)(C)C1. The summed E-state index contributed by atoms with van der Waals surface area (Å²) in [6, 6.07) is 0. The molecule has 1 N–H and O–H groups in total. The molecule has 0 bridgehead atoms. The summed E-state index contributed by atoms with van der Waals surface area (Å²) in [5.74, 6) is 0.791. The first kappa shape index (κ1) is 14.5. The summed E-state index contributed by atoms with van der Waals surface area (Å²) in [6.07, 6.45) is 3.53. The lowest BCUT2D eigenvalue weighted by atomic mass is 9.73. The molecule has 100 valence electrons. The Morgan fingerprint density at radius 2 is 1.71 bits per heavy atom. The summed E-state index contributed by atoms with van der Waals surface area (Å²) in [5, 5.41) is 2.91. The normalized spacial score (nSPS) is 24.6. The Morgan fingerprint density at radius 3 is 2.12 bits per heavy atom. The number of carbonyl (C=O) groups is 1. The maximum absolute atomic E-state index is 10.9. The Hall–Kier alpha value is -0.570. The molecule has 1 heterocycles. The second-order valence-corrected chi connectivity index (χ2v) is 6.73. The number of carbonyl (C=O) groups excluding carboxylic acids is 1. The van der Waals surface area contributed by atoms with Gasteiger partial charge in [0.05, 0.1) is 0 Å². The average Bonchev–Trinajstić information content (AvgIpc) is 2.12.